The molecule has 12 heavy (non-hydrogen) atoms. The van der Waals surface area contributed by atoms with Gasteiger partial charge < -0.3 is 4.42 Å². The van der Waals surface area contributed by atoms with Gasteiger partial charge in [-0.15, -0.1) is 0 Å². The minimum absolute atomic E-state index is 0.457. The van der Waals surface area contributed by atoms with E-state index in [-0.39, 0.29) is 0 Å². The van der Waals surface area contributed by atoms with Gasteiger partial charge in [0, 0.05) is 17.0 Å². The van der Waals surface area contributed by atoms with Crippen molar-refractivity contribution in [3.8, 4) is 0 Å². The van der Waals surface area contributed by atoms with Gasteiger partial charge in [-0.05, 0) is 18.2 Å². The lowest BCUT2D eigenvalue weighted by Gasteiger charge is -1.88. The van der Waals surface area contributed by atoms with Crippen LogP contribution in [0.5, 0.6) is 0 Å². The van der Waals surface area contributed by atoms with E-state index in [1.54, 1.807) is 18.2 Å². The van der Waals surface area contributed by atoms with Crippen LogP contribution in [0.25, 0.3) is 11.0 Å². The fraction of sp³-hybridized carbons (Fsp3) is 0. The maximum Gasteiger partial charge on any atom is 0.278 e. The maximum atomic E-state index is 12.5. The number of furan rings is 1. The zero-order chi connectivity index (χ0) is 8.55. The molecule has 0 saturated heterocycles. The van der Waals surface area contributed by atoms with Crippen molar-refractivity contribution in [3.05, 3.63) is 35.8 Å². The predicted molar refractivity (Wildman–Crippen MR) is 41.6 cm³/mol. The fourth-order valence-corrected chi connectivity index (χ4v) is 1.10. The molecule has 60 valence electrons. The minimum Gasteiger partial charge on any atom is -0.431 e. The summed E-state index contributed by atoms with van der Waals surface area (Å²) in [4.78, 5) is 10.3. The molecule has 0 aliphatic carbocycles. The monoisotopic (exact) mass is 164 g/mol. The molecule has 0 amide bonds. The van der Waals surface area contributed by atoms with Crippen molar-refractivity contribution in [1.29, 1.82) is 0 Å². The quantitative estimate of drug-likeness (QED) is 0.605. The first-order chi connectivity index (χ1) is 5.79. The van der Waals surface area contributed by atoms with E-state index in [4.69, 9.17) is 0 Å². The molecule has 0 saturated carbocycles. The van der Waals surface area contributed by atoms with Crippen molar-refractivity contribution in [2.45, 2.75) is 0 Å². The summed E-state index contributed by atoms with van der Waals surface area (Å²) in [5.41, 5.74) is 0.974. The molecule has 0 unspecified atom stereocenters. The highest BCUT2D eigenvalue weighted by atomic mass is 19.1. The standard InChI is InChI=1S/C9H5FO2/c10-9-4-7-3-6(5-11)1-2-8(7)12-9/h1-5H. The molecule has 0 bridgehead atoms. The van der Waals surface area contributed by atoms with Crippen LogP contribution in [0.3, 0.4) is 0 Å². The molecule has 0 fully saturated rings. The van der Waals surface area contributed by atoms with Crippen LogP contribution in [-0.2, 0) is 0 Å². The molecule has 1 heterocycles. The second kappa shape index (κ2) is 2.44. The van der Waals surface area contributed by atoms with Crippen molar-refractivity contribution >= 4 is 17.3 Å². The van der Waals surface area contributed by atoms with Gasteiger partial charge in [-0.2, -0.15) is 4.39 Å². The van der Waals surface area contributed by atoms with Crippen molar-refractivity contribution in [2.24, 2.45) is 0 Å². The Labute approximate surface area is 67.6 Å². The summed E-state index contributed by atoms with van der Waals surface area (Å²) < 4.78 is 17.2. The Morgan fingerprint density at radius 3 is 2.92 bits per heavy atom. The number of carbonyl (C=O) groups is 1. The summed E-state index contributed by atoms with van der Waals surface area (Å²) in [6.07, 6.45) is 0.713. The summed E-state index contributed by atoms with van der Waals surface area (Å²) in [6.45, 7) is 0. The van der Waals surface area contributed by atoms with E-state index in [0.29, 0.717) is 22.8 Å². The smallest absolute Gasteiger partial charge is 0.278 e. The second-order valence-electron chi connectivity index (χ2n) is 2.47. The molecule has 2 rings (SSSR count). The van der Waals surface area contributed by atoms with Crippen LogP contribution in [0.1, 0.15) is 10.4 Å². The van der Waals surface area contributed by atoms with Crippen LogP contribution in [0.4, 0.5) is 4.39 Å². The van der Waals surface area contributed by atoms with Crippen molar-refractivity contribution in [1.82, 2.24) is 0 Å². The Bertz CT molecular complexity index is 431. The molecule has 0 spiro atoms. The summed E-state index contributed by atoms with van der Waals surface area (Å²) >= 11 is 0. The zero-order valence-electron chi connectivity index (χ0n) is 6.08. The predicted octanol–water partition coefficient (Wildman–Crippen LogP) is 2.38. The van der Waals surface area contributed by atoms with Gasteiger partial charge in [0.1, 0.15) is 11.9 Å². The van der Waals surface area contributed by atoms with Gasteiger partial charge >= 0.3 is 0 Å². The first-order valence-electron chi connectivity index (χ1n) is 3.44. The molecule has 0 N–H and O–H groups in total. The molecule has 0 atom stereocenters. The summed E-state index contributed by atoms with van der Waals surface area (Å²) in [7, 11) is 0. The number of benzene rings is 1. The number of carbonyl (C=O) groups excluding carboxylic acids is 1. The van der Waals surface area contributed by atoms with Crippen LogP contribution in [0, 0.1) is 6.01 Å². The first kappa shape index (κ1) is 7.03. The average Bonchev–Trinajstić information content (AvgIpc) is 2.43. The molecular weight excluding hydrogens is 159 g/mol. The van der Waals surface area contributed by atoms with Crippen LogP contribution in [0.2, 0.25) is 0 Å². The molecule has 0 aliphatic heterocycles. The van der Waals surface area contributed by atoms with E-state index >= 15 is 0 Å². The third-order valence-corrected chi connectivity index (χ3v) is 1.65. The number of fused-ring (bicyclic) bond motifs is 1. The number of aldehydes is 1. The molecule has 0 aliphatic rings. The van der Waals surface area contributed by atoms with E-state index in [1.165, 1.54) is 6.07 Å². The highest BCUT2D eigenvalue weighted by Gasteiger charge is 2.02. The van der Waals surface area contributed by atoms with Gasteiger partial charge in [-0.25, -0.2) is 0 Å². The number of rotatable bonds is 1. The van der Waals surface area contributed by atoms with Crippen LogP contribution >= 0.6 is 0 Å². The lowest BCUT2D eigenvalue weighted by atomic mass is 10.2. The Morgan fingerprint density at radius 2 is 2.17 bits per heavy atom. The summed E-state index contributed by atoms with van der Waals surface area (Å²) in [6, 6.07) is 5.35. The van der Waals surface area contributed by atoms with Crippen molar-refractivity contribution < 1.29 is 13.6 Å². The van der Waals surface area contributed by atoms with Crippen LogP contribution in [-0.4, -0.2) is 6.29 Å². The third-order valence-electron chi connectivity index (χ3n) is 1.65. The van der Waals surface area contributed by atoms with E-state index in [9.17, 15) is 9.18 Å². The lowest BCUT2D eigenvalue weighted by molar-refractivity contribution is 0.112. The number of hydrogen-bond acceptors (Lipinski definition) is 2. The van der Waals surface area contributed by atoms with Crippen molar-refractivity contribution in [3.63, 3.8) is 0 Å². The molecule has 1 aromatic carbocycles. The molecule has 0 radical (unpaired) electrons. The SMILES string of the molecule is O=Cc1ccc2oc(F)cc2c1. The normalized spacial score (nSPS) is 10.4. The number of hydrogen-bond donors (Lipinski definition) is 0. The largest absolute Gasteiger partial charge is 0.431 e. The molecular formula is C9H5FO2. The highest BCUT2D eigenvalue weighted by Crippen LogP contribution is 2.18. The topological polar surface area (TPSA) is 30.2 Å². The van der Waals surface area contributed by atoms with Crippen molar-refractivity contribution in [2.75, 3.05) is 0 Å². The van der Waals surface area contributed by atoms with Gasteiger partial charge in [0.25, 0.3) is 6.01 Å². The second-order valence-corrected chi connectivity index (χ2v) is 2.47. The van der Waals surface area contributed by atoms with Gasteiger partial charge in [0.2, 0.25) is 0 Å². The van der Waals surface area contributed by atoms with E-state index < -0.39 is 6.01 Å². The van der Waals surface area contributed by atoms with E-state index in [0.717, 1.165) is 0 Å². The Kier molecular flexibility index (Phi) is 1.43. The van der Waals surface area contributed by atoms with Crippen LogP contribution in [0.15, 0.2) is 28.7 Å². The average molecular weight is 164 g/mol. The highest BCUT2D eigenvalue weighted by molar-refractivity contribution is 5.85. The third kappa shape index (κ3) is 0.993. The minimum atomic E-state index is -0.631. The molecule has 3 heteroatoms. The first-order valence-corrected chi connectivity index (χ1v) is 3.44. The zero-order valence-corrected chi connectivity index (χ0v) is 6.08. The molecule has 2 nitrogen and oxygen atoms in total. The van der Waals surface area contributed by atoms with E-state index in [1.807, 2.05) is 0 Å². The van der Waals surface area contributed by atoms with Gasteiger partial charge in [0.15, 0.2) is 0 Å². The fourth-order valence-electron chi connectivity index (χ4n) is 1.10. The molecule has 2 aromatic rings. The Balaban J connectivity index is 2.74. The summed E-state index contributed by atoms with van der Waals surface area (Å²) in [5, 5.41) is 0.608. The lowest BCUT2D eigenvalue weighted by Crippen LogP contribution is -1.75. The van der Waals surface area contributed by atoms with Gasteiger partial charge in [-0.1, -0.05) is 0 Å². The van der Waals surface area contributed by atoms with E-state index in [2.05, 4.69) is 4.42 Å². The van der Waals surface area contributed by atoms with Gasteiger partial charge in [-0.3, -0.25) is 4.79 Å². The van der Waals surface area contributed by atoms with Crippen LogP contribution < -0.4 is 0 Å². The molecule has 1 aromatic heterocycles. The Hall–Kier alpha value is -1.64. The van der Waals surface area contributed by atoms with Gasteiger partial charge in [0.05, 0.1) is 0 Å². The Morgan fingerprint density at radius 1 is 1.33 bits per heavy atom. The number of halogens is 1. The summed E-state index contributed by atoms with van der Waals surface area (Å²) in [5.74, 6) is 0. The maximum absolute atomic E-state index is 12.5.